The van der Waals surface area contributed by atoms with Gasteiger partial charge in [-0.1, -0.05) is 18.2 Å². The Bertz CT molecular complexity index is 338. The second-order valence-corrected chi connectivity index (χ2v) is 4.94. The van der Waals surface area contributed by atoms with Crippen molar-refractivity contribution in [3.63, 3.8) is 0 Å². The summed E-state index contributed by atoms with van der Waals surface area (Å²) in [4.78, 5) is 16.5. The van der Waals surface area contributed by atoms with Gasteiger partial charge in [0.25, 0.3) is 5.91 Å². The topological polar surface area (TPSA) is 23.6 Å². The number of likely N-dealkylation sites (N-methyl/N-ethyl adjacent to an activating group) is 1. The van der Waals surface area contributed by atoms with E-state index in [4.69, 9.17) is 0 Å². The maximum absolute atomic E-state index is 12.3. The standard InChI is InChI=1S/C14H21N2O/c1-15-10-8-13(9-11-15)16(2)14(17)12-6-4-3-5-7-12/h3-4,6-7,13H,5,8-11H2,1-2H3. The molecule has 1 amide bonds. The van der Waals surface area contributed by atoms with Gasteiger partial charge in [0, 0.05) is 18.7 Å². The lowest BCUT2D eigenvalue weighted by Gasteiger charge is -2.35. The Hall–Kier alpha value is -1.09. The molecular weight excluding hydrogens is 212 g/mol. The van der Waals surface area contributed by atoms with E-state index in [0.717, 1.165) is 37.9 Å². The van der Waals surface area contributed by atoms with Gasteiger partial charge in [-0.3, -0.25) is 4.79 Å². The van der Waals surface area contributed by atoms with Gasteiger partial charge in [0.15, 0.2) is 0 Å². The molecule has 0 unspecified atom stereocenters. The van der Waals surface area contributed by atoms with Gasteiger partial charge in [-0.25, -0.2) is 0 Å². The first-order valence-corrected chi connectivity index (χ1v) is 6.34. The molecule has 2 aliphatic rings. The summed E-state index contributed by atoms with van der Waals surface area (Å²) in [6.45, 7) is 2.18. The molecule has 3 heteroatoms. The minimum atomic E-state index is 0.170. The fourth-order valence-corrected chi connectivity index (χ4v) is 2.42. The van der Waals surface area contributed by atoms with E-state index in [1.165, 1.54) is 0 Å². The van der Waals surface area contributed by atoms with Gasteiger partial charge in [-0.05, 0) is 45.8 Å². The zero-order chi connectivity index (χ0) is 12.3. The molecule has 1 saturated heterocycles. The van der Waals surface area contributed by atoms with Crippen LogP contribution in [0.2, 0.25) is 0 Å². The van der Waals surface area contributed by atoms with Crippen molar-refractivity contribution in [3.05, 3.63) is 30.2 Å². The van der Waals surface area contributed by atoms with Crippen LogP contribution in [0.1, 0.15) is 19.3 Å². The van der Waals surface area contributed by atoms with Gasteiger partial charge < -0.3 is 9.80 Å². The van der Waals surface area contributed by atoms with Crippen LogP contribution in [0.3, 0.4) is 0 Å². The van der Waals surface area contributed by atoms with Crippen LogP contribution in [-0.4, -0.2) is 48.9 Å². The van der Waals surface area contributed by atoms with Gasteiger partial charge in [-0.15, -0.1) is 0 Å². The van der Waals surface area contributed by atoms with E-state index in [0.29, 0.717) is 6.04 Å². The molecule has 1 heterocycles. The fourth-order valence-electron chi connectivity index (χ4n) is 2.42. The highest BCUT2D eigenvalue weighted by Crippen LogP contribution is 2.18. The lowest BCUT2D eigenvalue weighted by molar-refractivity contribution is -0.128. The molecule has 0 spiro atoms. The summed E-state index contributed by atoms with van der Waals surface area (Å²) >= 11 is 0. The van der Waals surface area contributed by atoms with Crippen LogP contribution in [0, 0.1) is 6.42 Å². The van der Waals surface area contributed by atoms with Crippen molar-refractivity contribution in [1.29, 1.82) is 0 Å². The predicted octanol–water partition coefficient (Wildman–Crippen LogP) is 1.63. The van der Waals surface area contributed by atoms with E-state index < -0.39 is 0 Å². The molecule has 1 aliphatic heterocycles. The minimum Gasteiger partial charge on any atom is -0.339 e. The number of hydrogen-bond acceptors (Lipinski definition) is 2. The molecule has 1 aliphatic carbocycles. The van der Waals surface area contributed by atoms with Crippen molar-refractivity contribution in [1.82, 2.24) is 9.80 Å². The van der Waals surface area contributed by atoms with Crippen LogP contribution >= 0.6 is 0 Å². The van der Waals surface area contributed by atoms with Crippen LogP contribution in [-0.2, 0) is 4.79 Å². The number of rotatable bonds is 2. The zero-order valence-corrected chi connectivity index (χ0v) is 10.7. The lowest BCUT2D eigenvalue weighted by Crippen LogP contribution is -2.44. The second kappa shape index (κ2) is 5.50. The molecule has 3 nitrogen and oxygen atoms in total. The van der Waals surface area contributed by atoms with Gasteiger partial charge in [0.1, 0.15) is 0 Å². The summed E-state index contributed by atoms with van der Waals surface area (Å²) in [7, 11) is 4.07. The number of allylic oxidation sites excluding steroid dienone is 2. The van der Waals surface area contributed by atoms with Crippen molar-refractivity contribution < 1.29 is 4.79 Å². The number of piperidine rings is 1. The summed E-state index contributed by atoms with van der Waals surface area (Å²) < 4.78 is 0. The highest BCUT2D eigenvalue weighted by Gasteiger charge is 2.25. The third-order valence-electron chi connectivity index (χ3n) is 3.69. The molecule has 93 valence electrons. The molecule has 17 heavy (non-hydrogen) atoms. The SMILES string of the molecule is CN1CCC(N(C)C(=O)C2=CC[CH]C=C2)CC1. The number of nitrogens with zero attached hydrogens (tertiary/aromatic N) is 2. The van der Waals surface area contributed by atoms with E-state index in [1.54, 1.807) is 0 Å². The number of carbonyl (C=O) groups is 1. The molecule has 1 radical (unpaired) electrons. The maximum Gasteiger partial charge on any atom is 0.253 e. The zero-order valence-electron chi connectivity index (χ0n) is 10.7. The van der Waals surface area contributed by atoms with Crippen LogP contribution in [0.15, 0.2) is 23.8 Å². The highest BCUT2D eigenvalue weighted by molar-refractivity contribution is 5.96. The number of hydrogen-bond donors (Lipinski definition) is 0. The third kappa shape index (κ3) is 2.97. The average Bonchev–Trinajstić information content (AvgIpc) is 2.39. The van der Waals surface area contributed by atoms with Gasteiger partial charge in [-0.2, -0.15) is 0 Å². The molecule has 0 aromatic heterocycles. The van der Waals surface area contributed by atoms with E-state index in [1.807, 2.05) is 30.2 Å². The molecule has 0 atom stereocenters. The monoisotopic (exact) mass is 233 g/mol. The van der Waals surface area contributed by atoms with Crippen molar-refractivity contribution in [3.8, 4) is 0 Å². The molecule has 0 aromatic carbocycles. The Balaban J connectivity index is 1.95. The quantitative estimate of drug-likeness (QED) is 0.724. The maximum atomic E-state index is 12.3. The first-order chi connectivity index (χ1) is 8.18. The molecule has 0 saturated carbocycles. The molecule has 0 aromatic rings. The third-order valence-corrected chi connectivity index (χ3v) is 3.69. The van der Waals surface area contributed by atoms with Gasteiger partial charge in [0.2, 0.25) is 0 Å². The smallest absolute Gasteiger partial charge is 0.253 e. The molecule has 0 N–H and O–H groups in total. The highest BCUT2D eigenvalue weighted by atomic mass is 16.2. The largest absolute Gasteiger partial charge is 0.339 e. The molecule has 0 bridgehead atoms. The summed E-state index contributed by atoms with van der Waals surface area (Å²) in [5.41, 5.74) is 0.842. The average molecular weight is 233 g/mol. The lowest BCUT2D eigenvalue weighted by atomic mass is 10.0. The number of amides is 1. The minimum absolute atomic E-state index is 0.170. The number of carbonyl (C=O) groups excluding carboxylic acids is 1. The Morgan fingerprint density at radius 1 is 1.41 bits per heavy atom. The van der Waals surface area contributed by atoms with Crippen LogP contribution < -0.4 is 0 Å². The van der Waals surface area contributed by atoms with Crippen LogP contribution in [0.5, 0.6) is 0 Å². The summed E-state index contributed by atoms with van der Waals surface area (Å²) in [5.74, 6) is 0.170. The van der Waals surface area contributed by atoms with Crippen molar-refractivity contribution in [2.45, 2.75) is 25.3 Å². The predicted molar refractivity (Wildman–Crippen MR) is 69.4 cm³/mol. The Morgan fingerprint density at radius 2 is 2.12 bits per heavy atom. The number of likely N-dealkylation sites (tertiary alicyclic amines) is 1. The Kier molecular flexibility index (Phi) is 4.00. The normalized spacial score (nSPS) is 22.4. The first kappa shape index (κ1) is 12.4. The van der Waals surface area contributed by atoms with Crippen LogP contribution in [0.4, 0.5) is 0 Å². The molecule has 2 rings (SSSR count). The first-order valence-electron chi connectivity index (χ1n) is 6.34. The van der Waals surface area contributed by atoms with E-state index >= 15 is 0 Å². The van der Waals surface area contributed by atoms with Gasteiger partial charge >= 0.3 is 0 Å². The summed E-state index contributed by atoms with van der Waals surface area (Å²) in [6, 6.07) is 0.402. The van der Waals surface area contributed by atoms with Crippen LogP contribution in [0.25, 0.3) is 0 Å². The Labute approximate surface area is 104 Å². The van der Waals surface area contributed by atoms with Crippen molar-refractivity contribution in [2.75, 3.05) is 27.2 Å². The van der Waals surface area contributed by atoms with Crippen molar-refractivity contribution in [2.24, 2.45) is 0 Å². The van der Waals surface area contributed by atoms with Gasteiger partial charge in [0.05, 0.1) is 0 Å². The van der Waals surface area contributed by atoms with E-state index in [9.17, 15) is 4.79 Å². The Morgan fingerprint density at radius 3 is 2.71 bits per heavy atom. The van der Waals surface area contributed by atoms with Crippen molar-refractivity contribution >= 4 is 5.91 Å². The van der Waals surface area contributed by atoms with E-state index in [2.05, 4.69) is 18.4 Å². The second-order valence-electron chi connectivity index (χ2n) is 4.94. The summed E-state index contributed by atoms with van der Waals surface area (Å²) in [6.07, 6.45) is 11.0. The summed E-state index contributed by atoms with van der Waals surface area (Å²) in [5, 5.41) is 0. The fraction of sp³-hybridized carbons (Fsp3) is 0.571. The molecular formula is C14H21N2O. The van der Waals surface area contributed by atoms with E-state index in [-0.39, 0.29) is 5.91 Å². The molecule has 1 fully saturated rings.